The van der Waals surface area contributed by atoms with E-state index in [0.717, 1.165) is 0 Å². The standard InChI is InChI=1S/C22H18N6O4/c1-2-32-22(31)14-5-7-16(8-6-14)26-18(29)12-28-13-25-20-17(21(28)30)11-24-19(27-20)15-4-3-9-23-10-15/h3-11,13H,2,12H2,1H3,(H,26,29). The third-order valence-corrected chi connectivity index (χ3v) is 4.49. The fourth-order valence-corrected chi connectivity index (χ4v) is 2.96. The molecule has 160 valence electrons. The van der Waals surface area contributed by atoms with Gasteiger partial charge in [-0.25, -0.2) is 19.7 Å². The third-order valence-electron chi connectivity index (χ3n) is 4.49. The fraction of sp³-hybridized carbons (Fsp3) is 0.136. The van der Waals surface area contributed by atoms with Crippen molar-refractivity contribution in [3.63, 3.8) is 0 Å². The van der Waals surface area contributed by atoms with Crippen LogP contribution in [0.5, 0.6) is 0 Å². The van der Waals surface area contributed by atoms with Gasteiger partial charge in [-0.3, -0.25) is 19.1 Å². The number of hydrogen-bond acceptors (Lipinski definition) is 8. The monoisotopic (exact) mass is 430 g/mol. The summed E-state index contributed by atoms with van der Waals surface area (Å²) in [6.45, 7) is 1.76. The first-order valence-electron chi connectivity index (χ1n) is 9.75. The number of nitrogens with zero attached hydrogens (tertiary/aromatic N) is 5. The van der Waals surface area contributed by atoms with Crippen molar-refractivity contribution in [3.05, 3.63) is 77.2 Å². The molecular formula is C22H18N6O4. The molecule has 1 N–H and O–H groups in total. The number of pyridine rings is 1. The zero-order chi connectivity index (χ0) is 22.5. The van der Waals surface area contributed by atoms with Gasteiger partial charge in [0.15, 0.2) is 11.5 Å². The molecule has 0 bridgehead atoms. The average Bonchev–Trinajstić information content (AvgIpc) is 2.82. The van der Waals surface area contributed by atoms with Crippen LogP contribution in [0.15, 0.2) is 66.1 Å². The highest BCUT2D eigenvalue weighted by Crippen LogP contribution is 2.14. The summed E-state index contributed by atoms with van der Waals surface area (Å²) in [4.78, 5) is 53.6. The highest BCUT2D eigenvalue weighted by Gasteiger charge is 2.12. The maximum absolute atomic E-state index is 12.7. The molecule has 1 amide bonds. The molecule has 4 rings (SSSR count). The minimum atomic E-state index is -0.437. The summed E-state index contributed by atoms with van der Waals surface area (Å²) < 4.78 is 6.10. The predicted octanol–water partition coefficient (Wildman–Crippen LogP) is 2.06. The summed E-state index contributed by atoms with van der Waals surface area (Å²) in [5, 5.41) is 2.88. The van der Waals surface area contributed by atoms with Gasteiger partial charge >= 0.3 is 5.97 Å². The first-order valence-corrected chi connectivity index (χ1v) is 9.75. The summed E-state index contributed by atoms with van der Waals surface area (Å²) >= 11 is 0. The molecular weight excluding hydrogens is 412 g/mol. The van der Waals surface area contributed by atoms with E-state index in [9.17, 15) is 14.4 Å². The molecule has 3 aromatic heterocycles. The zero-order valence-corrected chi connectivity index (χ0v) is 17.1. The summed E-state index contributed by atoms with van der Waals surface area (Å²) in [5.41, 5.74) is 1.36. The number of fused-ring (bicyclic) bond motifs is 1. The molecule has 0 unspecified atom stereocenters. The zero-order valence-electron chi connectivity index (χ0n) is 17.1. The first kappa shape index (κ1) is 20.8. The average molecular weight is 430 g/mol. The maximum Gasteiger partial charge on any atom is 0.338 e. The number of anilines is 1. The van der Waals surface area contributed by atoms with E-state index in [4.69, 9.17) is 4.74 Å². The Morgan fingerprint density at radius 1 is 1.09 bits per heavy atom. The lowest BCUT2D eigenvalue weighted by molar-refractivity contribution is -0.116. The number of ether oxygens (including phenoxy) is 1. The van der Waals surface area contributed by atoms with Crippen molar-refractivity contribution in [2.45, 2.75) is 13.5 Å². The van der Waals surface area contributed by atoms with E-state index in [0.29, 0.717) is 22.6 Å². The van der Waals surface area contributed by atoms with E-state index in [2.05, 4.69) is 25.3 Å². The molecule has 0 aliphatic heterocycles. The van der Waals surface area contributed by atoms with E-state index in [1.165, 1.54) is 17.1 Å². The number of esters is 1. The van der Waals surface area contributed by atoms with Crippen LogP contribution in [0, 0.1) is 0 Å². The second-order valence-corrected chi connectivity index (χ2v) is 6.70. The minimum Gasteiger partial charge on any atom is -0.462 e. The molecule has 1 aromatic carbocycles. The van der Waals surface area contributed by atoms with Gasteiger partial charge in [0.05, 0.1) is 12.2 Å². The van der Waals surface area contributed by atoms with Crippen molar-refractivity contribution in [2.24, 2.45) is 0 Å². The molecule has 0 aliphatic rings. The summed E-state index contributed by atoms with van der Waals surface area (Å²) in [5.74, 6) is -0.461. The Bertz CT molecular complexity index is 1340. The second kappa shape index (κ2) is 9.13. The van der Waals surface area contributed by atoms with Crippen LogP contribution in [0.25, 0.3) is 22.4 Å². The van der Waals surface area contributed by atoms with Crippen LogP contribution in [-0.2, 0) is 16.1 Å². The second-order valence-electron chi connectivity index (χ2n) is 6.70. The highest BCUT2D eigenvalue weighted by atomic mass is 16.5. The highest BCUT2D eigenvalue weighted by molar-refractivity contribution is 5.93. The van der Waals surface area contributed by atoms with E-state index in [1.54, 1.807) is 55.7 Å². The van der Waals surface area contributed by atoms with Crippen LogP contribution >= 0.6 is 0 Å². The van der Waals surface area contributed by atoms with Gasteiger partial charge in [-0.05, 0) is 43.3 Å². The SMILES string of the molecule is CCOC(=O)c1ccc(NC(=O)Cn2cnc3nc(-c4cccnc4)ncc3c2=O)cc1. The van der Waals surface area contributed by atoms with Crippen molar-refractivity contribution < 1.29 is 14.3 Å². The normalized spacial score (nSPS) is 10.7. The Morgan fingerprint density at radius 2 is 1.91 bits per heavy atom. The van der Waals surface area contributed by atoms with Crippen LogP contribution in [0.4, 0.5) is 5.69 Å². The number of rotatable bonds is 6. The van der Waals surface area contributed by atoms with Gasteiger partial charge in [0.25, 0.3) is 5.56 Å². The van der Waals surface area contributed by atoms with E-state index in [-0.39, 0.29) is 24.2 Å². The van der Waals surface area contributed by atoms with Crippen molar-refractivity contribution in [1.82, 2.24) is 24.5 Å². The number of nitrogens with one attached hydrogen (secondary N) is 1. The number of hydrogen-bond donors (Lipinski definition) is 1. The smallest absolute Gasteiger partial charge is 0.338 e. The lowest BCUT2D eigenvalue weighted by Crippen LogP contribution is -2.28. The molecule has 10 nitrogen and oxygen atoms in total. The van der Waals surface area contributed by atoms with E-state index >= 15 is 0 Å². The molecule has 0 spiro atoms. The molecule has 0 fully saturated rings. The topological polar surface area (TPSA) is 129 Å². The Morgan fingerprint density at radius 3 is 2.62 bits per heavy atom. The predicted molar refractivity (Wildman–Crippen MR) is 116 cm³/mol. The quantitative estimate of drug-likeness (QED) is 0.460. The Balaban J connectivity index is 1.49. The number of carbonyl (C=O) groups is 2. The third kappa shape index (κ3) is 4.48. The molecule has 10 heteroatoms. The molecule has 0 saturated heterocycles. The van der Waals surface area contributed by atoms with Gasteiger partial charge in [-0.1, -0.05) is 0 Å². The number of aromatic nitrogens is 5. The van der Waals surface area contributed by atoms with Crippen molar-refractivity contribution in [3.8, 4) is 11.4 Å². The van der Waals surface area contributed by atoms with Gasteiger partial charge in [-0.15, -0.1) is 0 Å². The Labute approximate surface area is 182 Å². The molecule has 32 heavy (non-hydrogen) atoms. The molecule has 0 radical (unpaired) electrons. The van der Waals surface area contributed by atoms with E-state index in [1.807, 2.05) is 0 Å². The molecule has 3 heterocycles. The maximum atomic E-state index is 12.7. The van der Waals surface area contributed by atoms with Crippen LogP contribution in [0.3, 0.4) is 0 Å². The minimum absolute atomic E-state index is 0.201. The van der Waals surface area contributed by atoms with Gasteiger partial charge in [-0.2, -0.15) is 0 Å². The molecule has 0 atom stereocenters. The lowest BCUT2D eigenvalue weighted by atomic mass is 10.2. The lowest BCUT2D eigenvalue weighted by Gasteiger charge is -2.09. The number of benzene rings is 1. The first-order chi connectivity index (χ1) is 15.5. The van der Waals surface area contributed by atoms with Crippen molar-refractivity contribution in [2.75, 3.05) is 11.9 Å². The molecule has 0 saturated carbocycles. The van der Waals surface area contributed by atoms with Gasteiger partial charge in [0, 0.05) is 29.8 Å². The van der Waals surface area contributed by atoms with Gasteiger partial charge < -0.3 is 10.1 Å². The van der Waals surface area contributed by atoms with Crippen LogP contribution in [-0.4, -0.2) is 43.0 Å². The molecule has 4 aromatic rings. The number of amides is 1. The summed E-state index contributed by atoms with van der Waals surface area (Å²) in [6.07, 6.45) is 5.92. The summed E-state index contributed by atoms with van der Waals surface area (Å²) in [7, 11) is 0. The molecule has 0 aliphatic carbocycles. The van der Waals surface area contributed by atoms with Crippen molar-refractivity contribution in [1.29, 1.82) is 0 Å². The number of carbonyl (C=O) groups excluding carboxylic acids is 2. The van der Waals surface area contributed by atoms with E-state index < -0.39 is 17.4 Å². The largest absolute Gasteiger partial charge is 0.462 e. The van der Waals surface area contributed by atoms with Crippen molar-refractivity contribution >= 4 is 28.6 Å². The van der Waals surface area contributed by atoms with Gasteiger partial charge in [0.1, 0.15) is 18.3 Å². The van der Waals surface area contributed by atoms with Crippen LogP contribution < -0.4 is 10.9 Å². The Hall–Kier alpha value is -4.47. The Kier molecular flexibility index (Phi) is 5.93. The summed E-state index contributed by atoms with van der Waals surface area (Å²) in [6, 6.07) is 9.83. The fourth-order valence-electron chi connectivity index (χ4n) is 2.96. The van der Waals surface area contributed by atoms with Crippen LogP contribution in [0.2, 0.25) is 0 Å². The van der Waals surface area contributed by atoms with Crippen LogP contribution in [0.1, 0.15) is 17.3 Å². The van der Waals surface area contributed by atoms with Gasteiger partial charge in [0.2, 0.25) is 5.91 Å².